The minimum atomic E-state index is 0.161. The summed E-state index contributed by atoms with van der Waals surface area (Å²) in [6.45, 7) is 7.16. The maximum Gasteiger partial charge on any atom is 0.220 e. The van der Waals surface area contributed by atoms with E-state index in [1.807, 2.05) is 12.3 Å². The van der Waals surface area contributed by atoms with E-state index < -0.39 is 0 Å². The zero-order valence-electron chi connectivity index (χ0n) is 15.5. The van der Waals surface area contributed by atoms with Gasteiger partial charge in [0.2, 0.25) is 5.91 Å². The summed E-state index contributed by atoms with van der Waals surface area (Å²) in [6.07, 6.45) is 8.77. The minimum absolute atomic E-state index is 0.161. The van der Waals surface area contributed by atoms with Crippen LogP contribution in [0.25, 0.3) is 0 Å². The molecule has 0 aliphatic carbocycles. The number of nitrogens with one attached hydrogen (secondary N) is 2. The van der Waals surface area contributed by atoms with Crippen LogP contribution in [0.5, 0.6) is 0 Å². The highest BCUT2D eigenvalue weighted by Crippen LogP contribution is 2.22. The topological polar surface area (TPSA) is 57.3 Å². The highest BCUT2D eigenvalue weighted by molar-refractivity contribution is 5.76. The Morgan fingerprint density at radius 1 is 1.36 bits per heavy atom. The van der Waals surface area contributed by atoms with Crippen LogP contribution < -0.4 is 15.5 Å². The summed E-state index contributed by atoms with van der Waals surface area (Å²) in [4.78, 5) is 19.2. The second kappa shape index (κ2) is 9.18. The molecule has 0 spiro atoms. The Morgan fingerprint density at radius 3 is 2.96 bits per heavy atom. The molecule has 2 aliphatic heterocycles. The van der Waals surface area contributed by atoms with Gasteiger partial charge >= 0.3 is 0 Å². The van der Waals surface area contributed by atoms with E-state index in [1.165, 1.54) is 32.1 Å². The molecule has 2 N–H and O–H groups in total. The smallest absolute Gasteiger partial charge is 0.220 e. The molecule has 1 aromatic rings. The molecular weight excluding hydrogens is 312 g/mol. The molecule has 0 aromatic carbocycles. The molecule has 2 atom stereocenters. The maximum atomic E-state index is 12.3. The maximum absolute atomic E-state index is 12.3. The Morgan fingerprint density at radius 2 is 2.20 bits per heavy atom. The number of hydrogen-bond donors (Lipinski definition) is 2. The molecule has 3 heterocycles. The number of aromatic nitrogens is 1. The van der Waals surface area contributed by atoms with Crippen LogP contribution in [0.3, 0.4) is 0 Å². The van der Waals surface area contributed by atoms with Crippen LogP contribution >= 0.6 is 0 Å². The minimum Gasteiger partial charge on any atom is -0.357 e. The standard InChI is InChI=1S/C20H32N4O/c1-16(18-6-5-8-21-15-18)12-20(25)23-14-17-7-9-22-19(13-17)24-10-3-2-4-11-24/h7,9,13,16,18,21H,2-6,8,10-12,14-15H2,1H3,(H,23,25). The third-order valence-electron chi connectivity index (χ3n) is 5.63. The van der Waals surface area contributed by atoms with Crippen LogP contribution in [-0.4, -0.2) is 37.1 Å². The highest BCUT2D eigenvalue weighted by atomic mass is 16.1. The molecule has 2 fully saturated rings. The van der Waals surface area contributed by atoms with Gasteiger partial charge in [0.05, 0.1) is 0 Å². The molecule has 25 heavy (non-hydrogen) atoms. The van der Waals surface area contributed by atoms with Gasteiger partial charge in [0.1, 0.15) is 5.82 Å². The molecule has 138 valence electrons. The molecule has 1 amide bonds. The van der Waals surface area contributed by atoms with Crippen LogP contribution in [0.1, 0.15) is 51.0 Å². The van der Waals surface area contributed by atoms with E-state index in [1.54, 1.807) is 0 Å². The summed E-state index contributed by atoms with van der Waals surface area (Å²) in [5.74, 6) is 2.28. The van der Waals surface area contributed by atoms with Crippen molar-refractivity contribution in [2.24, 2.45) is 11.8 Å². The molecule has 0 bridgehead atoms. The first-order valence-electron chi connectivity index (χ1n) is 9.89. The summed E-state index contributed by atoms with van der Waals surface area (Å²) in [5, 5.41) is 6.53. The summed E-state index contributed by atoms with van der Waals surface area (Å²) in [6, 6.07) is 4.13. The molecule has 5 heteroatoms. The van der Waals surface area contributed by atoms with Crippen molar-refractivity contribution >= 4 is 11.7 Å². The number of amides is 1. The fourth-order valence-electron chi connectivity index (χ4n) is 3.96. The Balaban J connectivity index is 1.46. The van der Waals surface area contributed by atoms with Crippen LogP contribution in [-0.2, 0) is 11.3 Å². The second-order valence-electron chi connectivity index (χ2n) is 7.63. The van der Waals surface area contributed by atoms with Gasteiger partial charge in [0, 0.05) is 32.3 Å². The Labute approximate surface area is 151 Å². The number of hydrogen-bond acceptors (Lipinski definition) is 4. The van der Waals surface area contributed by atoms with Crippen molar-refractivity contribution in [2.75, 3.05) is 31.1 Å². The lowest BCUT2D eigenvalue weighted by Crippen LogP contribution is -2.35. The van der Waals surface area contributed by atoms with Gasteiger partial charge in [-0.3, -0.25) is 4.79 Å². The summed E-state index contributed by atoms with van der Waals surface area (Å²) in [5.41, 5.74) is 1.14. The van der Waals surface area contributed by atoms with Gasteiger partial charge in [-0.1, -0.05) is 6.92 Å². The molecule has 0 saturated carbocycles. The lowest BCUT2D eigenvalue weighted by Gasteiger charge is -2.28. The average molecular weight is 345 g/mol. The Hall–Kier alpha value is -1.62. The van der Waals surface area contributed by atoms with Crippen LogP contribution in [0.15, 0.2) is 18.3 Å². The number of nitrogens with zero attached hydrogens (tertiary/aromatic N) is 2. The number of carbonyl (C=O) groups is 1. The quantitative estimate of drug-likeness (QED) is 0.833. The first-order valence-corrected chi connectivity index (χ1v) is 9.89. The highest BCUT2D eigenvalue weighted by Gasteiger charge is 2.22. The normalized spacial score (nSPS) is 22.4. The van der Waals surface area contributed by atoms with Crippen molar-refractivity contribution < 1.29 is 4.79 Å². The van der Waals surface area contributed by atoms with Crippen molar-refractivity contribution in [3.05, 3.63) is 23.9 Å². The lowest BCUT2D eigenvalue weighted by atomic mass is 9.85. The van der Waals surface area contributed by atoms with Crippen molar-refractivity contribution in [1.29, 1.82) is 0 Å². The van der Waals surface area contributed by atoms with Gasteiger partial charge in [0.25, 0.3) is 0 Å². The van der Waals surface area contributed by atoms with Gasteiger partial charge in [-0.25, -0.2) is 4.98 Å². The van der Waals surface area contributed by atoms with Crippen LogP contribution in [0.2, 0.25) is 0 Å². The molecule has 2 aliphatic rings. The van der Waals surface area contributed by atoms with Crippen molar-refractivity contribution in [1.82, 2.24) is 15.6 Å². The summed E-state index contributed by atoms with van der Waals surface area (Å²) in [7, 11) is 0. The fraction of sp³-hybridized carbons (Fsp3) is 0.700. The average Bonchev–Trinajstić information content (AvgIpc) is 2.68. The van der Waals surface area contributed by atoms with E-state index in [0.717, 1.165) is 37.6 Å². The molecule has 1 aromatic heterocycles. The number of rotatable bonds is 6. The van der Waals surface area contributed by atoms with E-state index in [0.29, 0.717) is 24.8 Å². The van der Waals surface area contributed by atoms with Gasteiger partial charge in [-0.2, -0.15) is 0 Å². The second-order valence-corrected chi connectivity index (χ2v) is 7.63. The third-order valence-corrected chi connectivity index (χ3v) is 5.63. The molecule has 3 rings (SSSR count). The number of carbonyl (C=O) groups excluding carboxylic acids is 1. The molecule has 5 nitrogen and oxygen atoms in total. The Kier molecular flexibility index (Phi) is 6.68. The SMILES string of the molecule is CC(CC(=O)NCc1ccnc(N2CCCCC2)c1)C1CCCNC1. The van der Waals surface area contributed by atoms with Crippen LogP contribution in [0, 0.1) is 11.8 Å². The first kappa shape index (κ1) is 18.2. The predicted molar refractivity (Wildman–Crippen MR) is 102 cm³/mol. The van der Waals surface area contributed by atoms with Gasteiger partial charge in [-0.05, 0) is 74.7 Å². The van der Waals surface area contributed by atoms with Gasteiger partial charge in [0.15, 0.2) is 0 Å². The largest absolute Gasteiger partial charge is 0.357 e. The van der Waals surface area contributed by atoms with Crippen molar-refractivity contribution in [3.63, 3.8) is 0 Å². The number of pyridine rings is 1. The third kappa shape index (κ3) is 5.43. The van der Waals surface area contributed by atoms with E-state index >= 15 is 0 Å². The van der Waals surface area contributed by atoms with E-state index in [4.69, 9.17) is 0 Å². The molecule has 0 radical (unpaired) electrons. The molecular formula is C20H32N4O. The lowest BCUT2D eigenvalue weighted by molar-refractivity contribution is -0.122. The summed E-state index contributed by atoms with van der Waals surface area (Å²) < 4.78 is 0. The van der Waals surface area contributed by atoms with E-state index in [-0.39, 0.29) is 5.91 Å². The zero-order valence-corrected chi connectivity index (χ0v) is 15.5. The first-order chi connectivity index (χ1) is 12.2. The number of anilines is 1. The monoisotopic (exact) mass is 344 g/mol. The fourth-order valence-corrected chi connectivity index (χ4v) is 3.96. The number of piperidine rings is 2. The van der Waals surface area contributed by atoms with Crippen molar-refractivity contribution in [3.8, 4) is 0 Å². The zero-order chi connectivity index (χ0) is 17.5. The van der Waals surface area contributed by atoms with Crippen LogP contribution in [0.4, 0.5) is 5.82 Å². The van der Waals surface area contributed by atoms with Crippen molar-refractivity contribution in [2.45, 2.75) is 52.0 Å². The Bertz CT molecular complexity index is 550. The van der Waals surface area contributed by atoms with E-state index in [9.17, 15) is 4.79 Å². The van der Waals surface area contributed by atoms with Gasteiger partial charge < -0.3 is 15.5 Å². The molecule has 2 unspecified atom stereocenters. The van der Waals surface area contributed by atoms with E-state index in [2.05, 4.69) is 33.5 Å². The predicted octanol–water partition coefficient (Wildman–Crippen LogP) is 2.71. The molecule has 2 saturated heterocycles. The summed E-state index contributed by atoms with van der Waals surface area (Å²) >= 11 is 0. The van der Waals surface area contributed by atoms with Gasteiger partial charge in [-0.15, -0.1) is 0 Å².